The van der Waals surface area contributed by atoms with E-state index in [0.717, 1.165) is 0 Å². The number of methoxy groups -OCH3 is 1. The average molecular weight is 260 g/mol. The Balaban J connectivity index is 2.27. The summed E-state index contributed by atoms with van der Waals surface area (Å²) in [6.07, 6.45) is 0. The first-order chi connectivity index (χ1) is 9.26. The summed E-state index contributed by atoms with van der Waals surface area (Å²) in [6.45, 7) is 2.74. The lowest BCUT2D eigenvalue weighted by Gasteiger charge is -2.07. The van der Waals surface area contributed by atoms with Crippen LogP contribution in [0, 0.1) is 0 Å². The van der Waals surface area contributed by atoms with Crippen molar-refractivity contribution in [2.45, 2.75) is 13.5 Å². The molecule has 0 amide bonds. The van der Waals surface area contributed by atoms with Crippen LogP contribution in [0.1, 0.15) is 28.8 Å². The summed E-state index contributed by atoms with van der Waals surface area (Å²) in [5.41, 5.74) is 0.502. The Morgan fingerprint density at radius 2 is 2.00 bits per heavy atom. The summed E-state index contributed by atoms with van der Waals surface area (Å²) in [5, 5.41) is 0. The Kier molecular flexibility index (Phi) is 4.36. The lowest BCUT2D eigenvalue weighted by Crippen LogP contribution is -2.04. The number of ether oxygens (including phenoxy) is 2. The summed E-state index contributed by atoms with van der Waals surface area (Å²) in [6, 6.07) is 10.5. The van der Waals surface area contributed by atoms with Crippen LogP contribution in [0.4, 0.5) is 0 Å². The molecule has 0 saturated carbocycles. The van der Waals surface area contributed by atoms with Gasteiger partial charge in [-0.25, -0.2) is 0 Å². The number of carbonyl (C=O) groups excluding carboxylic acids is 1. The highest BCUT2D eigenvalue weighted by Crippen LogP contribution is 2.22. The van der Waals surface area contributed by atoms with Crippen molar-refractivity contribution in [1.82, 2.24) is 0 Å². The van der Waals surface area contributed by atoms with Gasteiger partial charge in [-0.2, -0.15) is 0 Å². The third-order valence-electron chi connectivity index (χ3n) is 2.60. The molecule has 1 aromatic heterocycles. The molecular weight excluding hydrogens is 244 g/mol. The molecule has 100 valence electrons. The fraction of sp³-hybridized carbons (Fsp3) is 0.267. The maximum Gasteiger partial charge on any atom is 0.231 e. The zero-order valence-electron chi connectivity index (χ0n) is 11.0. The summed E-state index contributed by atoms with van der Waals surface area (Å²) < 4.78 is 15.8. The normalized spacial score (nSPS) is 10.4. The van der Waals surface area contributed by atoms with E-state index in [2.05, 4.69) is 0 Å². The van der Waals surface area contributed by atoms with E-state index in [4.69, 9.17) is 13.9 Å². The number of carbonyl (C=O) groups is 1. The van der Waals surface area contributed by atoms with Crippen molar-refractivity contribution < 1.29 is 18.7 Å². The van der Waals surface area contributed by atoms with Crippen LogP contribution in [0.15, 0.2) is 40.8 Å². The maximum atomic E-state index is 12.3. The Morgan fingerprint density at radius 3 is 2.74 bits per heavy atom. The van der Waals surface area contributed by atoms with Gasteiger partial charge in [-0.05, 0) is 31.2 Å². The molecule has 0 aliphatic heterocycles. The Hall–Kier alpha value is -2.07. The largest absolute Gasteiger partial charge is 0.493 e. The molecule has 0 aliphatic rings. The van der Waals surface area contributed by atoms with E-state index in [0.29, 0.717) is 36.0 Å². The predicted octanol–water partition coefficient (Wildman–Crippen LogP) is 3.06. The monoisotopic (exact) mass is 260 g/mol. The van der Waals surface area contributed by atoms with Crippen LogP contribution in [0.3, 0.4) is 0 Å². The van der Waals surface area contributed by atoms with Crippen molar-refractivity contribution in [3.05, 3.63) is 53.5 Å². The molecule has 19 heavy (non-hydrogen) atoms. The lowest BCUT2D eigenvalue weighted by atomic mass is 10.1. The highest BCUT2D eigenvalue weighted by atomic mass is 16.5. The lowest BCUT2D eigenvalue weighted by molar-refractivity contribution is 0.0996. The summed E-state index contributed by atoms with van der Waals surface area (Å²) in [5.74, 6) is 1.30. The van der Waals surface area contributed by atoms with Gasteiger partial charge in [-0.1, -0.05) is 12.1 Å². The first kappa shape index (κ1) is 13.4. The molecule has 2 rings (SSSR count). The van der Waals surface area contributed by atoms with Crippen molar-refractivity contribution in [2.75, 3.05) is 13.7 Å². The van der Waals surface area contributed by atoms with E-state index in [1.54, 1.807) is 37.4 Å². The second-order valence-corrected chi connectivity index (χ2v) is 3.96. The molecule has 2 aromatic rings. The molecule has 0 N–H and O–H groups in total. The number of hydrogen-bond acceptors (Lipinski definition) is 4. The minimum atomic E-state index is -0.189. The minimum Gasteiger partial charge on any atom is -0.493 e. The van der Waals surface area contributed by atoms with Gasteiger partial charge in [-0.15, -0.1) is 0 Å². The Bertz CT molecular complexity index is 557. The molecule has 4 heteroatoms. The third-order valence-corrected chi connectivity index (χ3v) is 2.60. The van der Waals surface area contributed by atoms with Crippen LogP contribution < -0.4 is 4.74 Å². The van der Waals surface area contributed by atoms with Gasteiger partial charge in [0.15, 0.2) is 5.76 Å². The number of ketones is 1. The van der Waals surface area contributed by atoms with Crippen LogP contribution in [0.2, 0.25) is 0 Å². The van der Waals surface area contributed by atoms with Gasteiger partial charge in [0.2, 0.25) is 5.78 Å². The fourth-order valence-corrected chi connectivity index (χ4v) is 1.79. The van der Waals surface area contributed by atoms with Crippen LogP contribution >= 0.6 is 0 Å². The molecule has 0 aliphatic carbocycles. The number of benzene rings is 1. The van der Waals surface area contributed by atoms with E-state index in [1.807, 2.05) is 13.0 Å². The van der Waals surface area contributed by atoms with E-state index < -0.39 is 0 Å². The predicted molar refractivity (Wildman–Crippen MR) is 70.5 cm³/mol. The molecule has 1 heterocycles. The van der Waals surface area contributed by atoms with Gasteiger partial charge in [0.05, 0.1) is 12.2 Å². The SMILES string of the molecule is CCOc1ccccc1C(=O)c1ccc(COC)o1. The molecule has 0 radical (unpaired) electrons. The Labute approximate surface area is 111 Å². The van der Waals surface area contributed by atoms with Crippen molar-refractivity contribution in [1.29, 1.82) is 0 Å². The van der Waals surface area contributed by atoms with E-state index >= 15 is 0 Å². The van der Waals surface area contributed by atoms with Crippen molar-refractivity contribution in [3.63, 3.8) is 0 Å². The molecule has 0 unspecified atom stereocenters. The molecular formula is C15H16O4. The van der Waals surface area contributed by atoms with E-state index in [-0.39, 0.29) is 5.78 Å². The Morgan fingerprint density at radius 1 is 1.21 bits per heavy atom. The third kappa shape index (κ3) is 3.03. The zero-order valence-corrected chi connectivity index (χ0v) is 11.0. The average Bonchev–Trinajstić information content (AvgIpc) is 2.88. The fourth-order valence-electron chi connectivity index (χ4n) is 1.79. The first-order valence-electron chi connectivity index (χ1n) is 6.10. The quantitative estimate of drug-likeness (QED) is 0.749. The topological polar surface area (TPSA) is 48.7 Å². The van der Waals surface area contributed by atoms with E-state index in [1.165, 1.54) is 0 Å². The molecule has 0 atom stereocenters. The van der Waals surface area contributed by atoms with E-state index in [9.17, 15) is 4.79 Å². The standard InChI is InChI=1S/C15H16O4/c1-3-18-13-7-5-4-6-12(13)15(16)14-9-8-11(19-14)10-17-2/h4-9H,3,10H2,1-2H3. The highest BCUT2D eigenvalue weighted by Gasteiger charge is 2.17. The van der Waals surface area contributed by atoms with Crippen LogP contribution in [-0.2, 0) is 11.3 Å². The number of hydrogen-bond donors (Lipinski definition) is 0. The minimum absolute atomic E-state index is 0.189. The molecule has 0 fully saturated rings. The first-order valence-corrected chi connectivity index (χ1v) is 6.10. The smallest absolute Gasteiger partial charge is 0.231 e. The number of furan rings is 1. The van der Waals surface area contributed by atoms with Gasteiger partial charge < -0.3 is 13.9 Å². The van der Waals surface area contributed by atoms with Gasteiger partial charge in [0.1, 0.15) is 18.1 Å². The summed E-state index contributed by atoms with van der Waals surface area (Å²) in [7, 11) is 1.58. The van der Waals surface area contributed by atoms with Crippen LogP contribution in [-0.4, -0.2) is 19.5 Å². The highest BCUT2D eigenvalue weighted by molar-refractivity contribution is 6.08. The van der Waals surface area contributed by atoms with Crippen molar-refractivity contribution >= 4 is 5.78 Å². The zero-order chi connectivity index (χ0) is 13.7. The maximum absolute atomic E-state index is 12.3. The summed E-state index contributed by atoms with van der Waals surface area (Å²) in [4.78, 5) is 12.3. The van der Waals surface area contributed by atoms with Gasteiger partial charge in [0.25, 0.3) is 0 Å². The van der Waals surface area contributed by atoms with Gasteiger partial charge in [-0.3, -0.25) is 4.79 Å². The number of para-hydroxylation sites is 1. The molecule has 4 nitrogen and oxygen atoms in total. The van der Waals surface area contributed by atoms with Crippen molar-refractivity contribution in [3.8, 4) is 5.75 Å². The van der Waals surface area contributed by atoms with Gasteiger partial charge in [0, 0.05) is 7.11 Å². The van der Waals surface area contributed by atoms with Crippen LogP contribution in [0.5, 0.6) is 5.75 Å². The second kappa shape index (κ2) is 6.20. The summed E-state index contributed by atoms with van der Waals surface area (Å²) >= 11 is 0. The molecule has 1 aromatic carbocycles. The van der Waals surface area contributed by atoms with Gasteiger partial charge >= 0.3 is 0 Å². The van der Waals surface area contributed by atoms with Crippen molar-refractivity contribution in [2.24, 2.45) is 0 Å². The molecule has 0 bridgehead atoms. The molecule has 0 saturated heterocycles. The van der Waals surface area contributed by atoms with Crippen LogP contribution in [0.25, 0.3) is 0 Å². The number of rotatable bonds is 6. The second-order valence-electron chi connectivity index (χ2n) is 3.96. The molecule has 0 spiro atoms.